The quantitative estimate of drug-likeness (QED) is 0.803. The van der Waals surface area contributed by atoms with Crippen LogP contribution in [0.25, 0.3) is 0 Å². The second-order valence-electron chi connectivity index (χ2n) is 4.32. The first-order valence-corrected chi connectivity index (χ1v) is 5.86. The summed E-state index contributed by atoms with van der Waals surface area (Å²) in [6.45, 7) is 0. The molecule has 1 unspecified atom stereocenters. The van der Waals surface area contributed by atoms with E-state index in [0.717, 1.165) is 12.8 Å². The van der Waals surface area contributed by atoms with E-state index in [0.29, 0.717) is 23.1 Å². The van der Waals surface area contributed by atoms with Gasteiger partial charge in [-0.05, 0) is 31.0 Å². The molecule has 1 aromatic rings. The topological polar surface area (TPSA) is 67.8 Å². The Morgan fingerprint density at radius 1 is 1.39 bits per heavy atom. The largest absolute Gasteiger partial charge is 0.497 e. The van der Waals surface area contributed by atoms with Gasteiger partial charge in [-0.25, -0.2) is 0 Å². The fourth-order valence-corrected chi connectivity index (χ4v) is 1.84. The van der Waals surface area contributed by atoms with Crippen LogP contribution in [-0.2, 0) is 4.79 Å². The number of nitrogens with one attached hydrogen (secondary N) is 1. The minimum atomic E-state index is -0.909. The maximum absolute atomic E-state index is 11.4. The zero-order valence-electron chi connectivity index (χ0n) is 10.5. The van der Waals surface area contributed by atoms with Crippen LogP contribution >= 0.6 is 0 Å². The number of rotatable bonds is 6. The summed E-state index contributed by atoms with van der Waals surface area (Å²) in [5.74, 6) is 0.263. The highest BCUT2D eigenvalue weighted by atomic mass is 16.5. The molecule has 1 aromatic carbocycles. The molecular formula is C13H17NO4. The number of aliphatic carboxylic acids is 1. The maximum Gasteiger partial charge on any atom is 0.325 e. The van der Waals surface area contributed by atoms with Crippen LogP contribution in [0.2, 0.25) is 0 Å². The molecule has 1 aliphatic rings. The van der Waals surface area contributed by atoms with Crippen molar-refractivity contribution in [2.45, 2.75) is 24.9 Å². The van der Waals surface area contributed by atoms with Crippen molar-refractivity contribution in [3.8, 4) is 11.5 Å². The maximum atomic E-state index is 11.4. The zero-order chi connectivity index (χ0) is 13.1. The first kappa shape index (κ1) is 12.7. The van der Waals surface area contributed by atoms with Crippen LogP contribution in [0.1, 0.15) is 24.4 Å². The summed E-state index contributed by atoms with van der Waals surface area (Å²) < 4.78 is 10.3. The van der Waals surface area contributed by atoms with E-state index in [2.05, 4.69) is 5.32 Å². The van der Waals surface area contributed by atoms with Gasteiger partial charge < -0.3 is 14.6 Å². The van der Waals surface area contributed by atoms with E-state index in [9.17, 15) is 9.90 Å². The molecule has 0 aromatic heterocycles. The number of ether oxygens (including phenoxy) is 2. The monoisotopic (exact) mass is 251 g/mol. The molecule has 1 saturated carbocycles. The second-order valence-corrected chi connectivity index (χ2v) is 4.32. The van der Waals surface area contributed by atoms with Crippen LogP contribution in [0.15, 0.2) is 18.2 Å². The summed E-state index contributed by atoms with van der Waals surface area (Å²) >= 11 is 0. The lowest BCUT2D eigenvalue weighted by atomic mass is 10.1. The fourth-order valence-electron chi connectivity index (χ4n) is 1.84. The van der Waals surface area contributed by atoms with E-state index >= 15 is 0 Å². The Labute approximate surface area is 106 Å². The van der Waals surface area contributed by atoms with Gasteiger partial charge in [0.15, 0.2) is 0 Å². The molecule has 98 valence electrons. The molecule has 2 N–H and O–H groups in total. The fraction of sp³-hybridized carbons (Fsp3) is 0.462. The van der Waals surface area contributed by atoms with Gasteiger partial charge in [0.25, 0.3) is 0 Å². The van der Waals surface area contributed by atoms with Crippen molar-refractivity contribution in [2.24, 2.45) is 0 Å². The molecule has 0 bridgehead atoms. The molecule has 5 heteroatoms. The predicted octanol–water partition coefficient (Wildman–Crippen LogP) is 1.58. The van der Waals surface area contributed by atoms with Crippen molar-refractivity contribution in [3.05, 3.63) is 23.8 Å². The standard InChI is InChI=1S/C13H17NO4/c1-17-9-5-6-11(18-2)10(7-9)12(13(15)16)14-8-3-4-8/h5-8,12,14H,3-4H2,1-2H3,(H,15,16). The highest BCUT2D eigenvalue weighted by molar-refractivity contribution is 5.77. The Morgan fingerprint density at radius 3 is 2.61 bits per heavy atom. The van der Waals surface area contributed by atoms with Crippen LogP contribution < -0.4 is 14.8 Å². The third-order valence-corrected chi connectivity index (χ3v) is 2.97. The van der Waals surface area contributed by atoms with Gasteiger partial charge in [0.2, 0.25) is 0 Å². The molecule has 0 saturated heterocycles. The Balaban J connectivity index is 2.33. The SMILES string of the molecule is COc1ccc(OC)c(C(NC2CC2)C(=O)O)c1. The second kappa shape index (κ2) is 5.27. The normalized spacial score (nSPS) is 16.1. The van der Waals surface area contributed by atoms with Crippen LogP contribution in [0, 0.1) is 0 Å². The predicted molar refractivity (Wildman–Crippen MR) is 66.1 cm³/mol. The number of hydrogen-bond acceptors (Lipinski definition) is 4. The third-order valence-electron chi connectivity index (χ3n) is 2.97. The van der Waals surface area contributed by atoms with E-state index in [-0.39, 0.29) is 0 Å². The molecule has 0 radical (unpaired) electrons. The van der Waals surface area contributed by atoms with Gasteiger partial charge in [-0.3, -0.25) is 10.1 Å². The summed E-state index contributed by atoms with van der Waals surface area (Å²) in [7, 11) is 3.08. The van der Waals surface area contributed by atoms with Crippen molar-refractivity contribution in [1.82, 2.24) is 5.32 Å². The minimum absolute atomic E-state index is 0.294. The molecular weight excluding hydrogens is 234 g/mol. The summed E-state index contributed by atoms with van der Waals surface area (Å²) in [4.78, 5) is 11.4. The van der Waals surface area contributed by atoms with Crippen LogP contribution in [0.5, 0.6) is 11.5 Å². The molecule has 0 aliphatic heterocycles. The van der Waals surface area contributed by atoms with E-state index in [1.54, 1.807) is 25.3 Å². The van der Waals surface area contributed by atoms with Crippen LogP contribution in [0.3, 0.4) is 0 Å². The van der Waals surface area contributed by atoms with E-state index < -0.39 is 12.0 Å². The van der Waals surface area contributed by atoms with Crippen molar-refractivity contribution in [3.63, 3.8) is 0 Å². The molecule has 1 aliphatic carbocycles. The average Bonchev–Trinajstić information content (AvgIpc) is 3.18. The Bertz CT molecular complexity index is 443. The van der Waals surface area contributed by atoms with Gasteiger partial charge in [0.05, 0.1) is 14.2 Å². The lowest BCUT2D eigenvalue weighted by Crippen LogP contribution is -2.30. The smallest absolute Gasteiger partial charge is 0.325 e. The zero-order valence-corrected chi connectivity index (χ0v) is 10.5. The van der Waals surface area contributed by atoms with Gasteiger partial charge >= 0.3 is 5.97 Å². The lowest BCUT2D eigenvalue weighted by Gasteiger charge is -2.18. The average molecular weight is 251 g/mol. The van der Waals surface area contributed by atoms with Crippen molar-refractivity contribution >= 4 is 5.97 Å². The van der Waals surface area contributed by atoms with Crippen molar-refractivity contribution in [1.29, 1.82) is 0 Å². The highest BCUT2D eigenvalue weighted by Gasteiger charge is 2.31. The van der Waals surface area contributed by atoms with Crippen molar-refractivity contribution in [2.75, 3.05) is 14.2 Å². The Morgan fingerprint density at radius 2 is 2.11 bits per heavy atom. The molecule has 1 fully saturated rings. The Kier molecular flexibility index (Phi) is 3.72. The summed E-state index contributed by atoms with van der Waals surface area (Å²) in [6.07, 6.45) is 2.05. The molecule has 0 amide bonds. The number of methoxy groups -OCH3 is 2. The molecule has 2 rings (SSSR count). The molecule has 0 spiro atoms. The first-order chi connectivity index (χ1) is 8.65. The minimum Gasteiger partial charge on any atom is -0.497 e. The molecule has 1 atom stereocenters. The molecule has 18 heavy (non-hydrogen) atoms. The number of benzene rings is 1. The van der Waals surface area contributed by atoms with Gasteiger partial charge in [-0.1, -0.05) is 0 Å². The number of carboxylic acid groups (broad SMARTS) is 1. The molecule has 0 heterocycles. The highest BCUT2D eigenvalue weighted by Crippen LogP contribution is 2.32. The summed E-state index contributed by atoms with van der Waals surface area (Å²) in [6, 6.07) is 4.70. The van der Waals surface area contributed by atoms with Gasteiger partial charge in [-0.2, -0.15) is 0 Å². The Hall–Kier alpha value is -1.75. The lowest BCUT2D eigenvalue weighted by molar-refractivity contribution is -0.139. The van der Waals surface area contributed by atoms with Crippen LogP contribution in [-0.4, -0.2) is 31.3 Å². The van der Waals surface area contributed by atoms with Gasteiger partial charge in [0.1, 0.15) is 17.5 Å². The van der Waals surface area contributed by atoms with Crippen LogP contribution in [0.4, 0.5) is 0 Å². The van der Waals surface area contributed by atoms with Gasteiger partial charge in [0, 0.05) is 11.6 Å². The first-order valence-electron chi connectivity index (χ1n) is 5.86. The summed E-state index contributed by atoms with van der Waals surface area (Å²) in [5.41, 5.74) is 0.594. The number of hydrogen-bond donors (Lipinski definition) is 2. The summed E-state index contributed by atoms with van der Waals surface area (Å²) in [5, 5.41) is 12.4. The van der Waals surface area contributed by atoms with Crippen molar-refractivity contribution < 1.29 is 19.4 Å². The van der Waals surface area contributed by atoms with E-state index in [1.165, 1.54) is 7.11 Å². The third kappa shape index (κ3) is 2.73. The number of carboxylic acids is 1. The number of carbonyl (C=O) groups is 1. The van der Waals surface area contributed by atoms with E-state index in [4.69, 9.17) is 9.47 Å². The van der Waals surface area contributed by atoms with E-state index in [1.807, 2.05) is 0 Å². The van der Waals surface area contributed by atoms with Gasteiger partial charge in [-0.15, -0.1) is 0 Å². The molecule has 5 nitrogen and oxygen atoms in total.